The summed E-state index contributed by atoms with van der Waals surface area (Å²) < 4.78 is 5.16. The van der Waals surface area contributed by atoms with Gasteiger partial charge >= 0.3 is 0 Å². The van der Waals surface area contributed by atoms with Crippen LogP contribution in [0.4, 0.5) is 0 Å². The van der Waals surface area contributed by atoms with Gasteiger partial charge in [-0.3, -0.25) is 0 Å². The minimum Gasteiger partial charge on any atom is -0.497 e. The van der Waals surface area contributed by atoms with Gasteiger partial charge < -0.3 is 14.9 Å². The zero-order valence-corrected chi connectivity index (χ0v) is 13.2. The molecule has 2 rings (SSSR count). The first-order valence-corrected chi connectivity index (χ1v) is 7.51. The van der Waals surface area contributed by atoms with E-state index in [1.54, 1.807) is 7.11 Å². The number of hydrogen-bond acceptors (Lipinski definition) is 3. The Hall–Kier alpha value is -1.84. The highest BCUT2D eigenvalue weighted by Crippen LogP contribution is 2.28. The van der Waals surface area contributed by atoms with E-state index in [0.717, 1.165) is 16.9 Å². The summed E-state index contributed by atoms with van der Waals surface area (Å²) in [6, 6.07) is 16.0. The molecule has 2 aromatic rings. The van der Waals surface area contributed by atoms with E-state index in [0.29, 0.717) is 12.8 Å². The van der Waals surface area contributed by atoms with Gasteiger partial charge in [-0.15, -0.1) is 0 Å². The van der Waals surface area contributed by atoms with E-state index in [4.69, 9.17) is 4.74 Å². The fourth-order valence-corrected chi connectivity index (χ4v) is 2.65. The summed E-state index contributed by atoms with van der Waals surface area (Å²) in [6.45, 7) is 1.94. The molecule has 0 fully saturated rings. The lowest BCUT2D eigenvalue weighted by atomic mass is 9.78. The molecule has 3 heteroatoms. The Morgan fingerprint density at radius 1 is 0.818 bits per heavy atom. The normalized spacial score (nSPS) is 11.5. The van der Waals surface area contributed by atoms with Gasteiger partial charge in [0.05, 0.1) is 20.3 Å². The molecule has 0 unspecified atom stereocenters. The zero-order chi connectivity index (χ0) is 16.0. The van der Waals surface area contributed by atoms with Crippen LogP contribution in [0.2, 0.25) is 0 Å². The van der Waals surface area contributed by atoms with E-state index in [1.807, 2.05) is 31.2 Å². The van der Waals surface area contributed by atoms with Gasteiger partial charge in [-0.05, 0) is 43.0 Å². The van der Waals surface area contributed by atoms with Crippen LogP contribution in [-0.2, 0) is 12.8 Å². The summed E-state index contributed by atoms with van der Waals surface area (Å²) in [5.74, 6) is 0.806. The van der Waals surface area contributed by atoms with E-state index >= 15 is 0 Å². The van der Waals surface area contributed by atoms with Crippen molar-refractivity contribution < 1.29 is 14.9 Å². The SMILES string of the molecule is COc1ccc(CC(CO)(CO)Cc2ccc(C)cc2)cc1. The summed E-state index contributed by atoms with van der Waals surface area (Å²) in [4.78, 5) is 0. The minimum atomic E-state index is -0.552. The van der Waals surface area contributed by atoms with Crippen molar-refractivity contribution in [2.75, 3.05) is 20.3 Å². The van der Waals surface area contributed by atoms with E-state index in [9.17, 15) is 10.2 Å². The third-order valence-corrected chi connectivity index (χ3v) is 4.11. The molecular weight excluding hydrogens is 276 g/mol. The molecule has 0 heterocycles. The number of aliphatic hydroxyl groups excluding tert-OH is 2. The predicted molar refractivity (Wildman–Crippen MR) is 88.2 cm³/mol. The van der Waals surface area contributed by atoms with Crippen molar-refractivity contribution in [3.63, 3.8) is 0 Å². The summed E-state index contributed by atoms with van der Waals surface area (Å²) in [6.07, 6.45) is 1.27. The largest absolute Gasteiger partial charge is 0.497 e. The first-order chi connectivity index (χ1) is 10.6. The number of hydrogen-bond donors (Lipinski definition) is 2. The van der Waals surface area contributed by atoms with Gasteiger partial charge in [0.25, 0.3) is 0 Å². The van der Waals surface area contributed by atoms with Gasteiger partial charge in [-0.2, -0.15) is 0 Å². The molecule has 0 aliphatic carbocycles. The summed E-state index contributed by atoms with van der Waals surface area (Å²) in [7, 11) is 1.64. The molecule has 0 aromatic heterocycles. The predicted octanol–water partition coefficient (Wildman–Crippen LogP) is 2.76. The van der Waals surface area contributed by atoms with E-state index in [2.05, 4.69) is 24.3 Å². The van der Waals surface area contributed by atoms with Crippen LogP contribution in [0.25, 0.3) is 0 Å². The number of methoxy groups -OCH3 is 1. The molecule has 0 aliphatic heterocycles. The van der Waals surface area contributed by atoms with Crippen LogP contribution in [0.1, 0.15) is 16.7 Å². The highest BCUT2D eigenvalue weighted by atomic mass is 16.5. The van der Waals surface area contributed by atoms with Crippen molar-refractivity contribution >= 4 is 0 Å². The van der Waals surface area contributed by atoms with Gasteiger partial charge in [0.2, 0.25) is 0 Å². The Morgan fingerprint density at radius 3 is 1.68 bits per heavy atom. The highest BCUT2D eigenvalue weighted by molar-refractivity contribution is 5.29. The van der Waals surface area contributed by atoms with Crippen LogP contribution in [0.5, 0.6) is 5.75 Å². The number of aryl methyl sites for hydroxylation is 1. The number of ether oxygens (including phenoxy) is 1. The maximum absolute atomic E-state index is 9.87. The topological polar surface area (TPSA) is 49.7 Å². The maximum atomic E-state index is 9.87. The van der Waals surface area contributed by atoms with E-state index < -0.39 is 5.41 Å². The molecule has 0 bridgehead atoms. The quantitative estimate of drug-likeness (QED) is 0.826. The lowest BCUT2D eigenvalue weighted by Crippen LogP contribution is -2.34. The molecule has 118 valence electrons. The average Bonchev–Trinajstić information content (AvgIpc) is 2.57. The molecule has 22 heavy (non-hydrogen) atoms. The second-order valence-electron chi connectivity index (χ2n) is 6.00. The Bertz CT molecular complexity index is 569. The molecule has 0 spiro atoms. The molecular formula is C19H24O3. The van der Waals surface area contributed by atoms with Crippen molar-refractivity contribution in [1.82, 2.24) is 0 Å². The second-order valence-corrected chi connectivity index (χ2v) is 6.00. The number of rotatable bonds is 7. The lowest BCUT2D eigenvalue weighted by molar-refractivity contribution is 0.0548. The Balaban J connectivity index is 2.17. The monoisotopic (exact) mass is 300 g/mol. The standard InChI is InChI=1S/C19H24O3/c1-15-3-5-16(6-4-15)11-19(13-20,14-21)12-17-7-9-18(22-2)10-8-17/h3-10,20-21H,11-14H2,1-2H3. The maximum Gasteiger partial charge on any atom is 0.118 e. The highest BCUT2D eigenvalue weighted by Gasteiger charge is 2.29. The third-order valence-electron chi connectivity index (χ3n) is 4.11. The molecule has 0 radical (unpaired) electrons. The summed E-state index contributed by atoms with van der Waals surface area (Å²) in [5, 5.41) is 19.7. The molecule has 3 nitrogen and oxygen atoms in total. The van der Waals surface area contributed by atoms with Crippen LogP contribution in [-0.4, -0.2) is 30.5 Å². The van der Waals surface area contributed by atoms with Crippen LogP contribution in [0, 0.1) is 12.3 Å². The Kier molecular flexibility index (Phi) is 5.58. The van der Waals surface area contributed by atoms with Gasteiger partial charge in [-0.1, -0.05) is 42.0 Å². The average molecular weight is 300 g/mol. The third kappa shape index (κ3) is 4.09. The van der Waals surface area contributed by atoms with E-state index in [-0.39, 0.29) is 13.2 Å². The Morgan fingerprint density at radius 2 is 1.27 bits per heavy atom. The fourth-order valence-electron chi connectivity index (χ4n) is 2.65. The molecule has 0 atom stereocenters. The number of benzene rings is 2. The molecule has 2 aromatic carbocycles. The van der Waals surface area contributed by atoms with Crippen molar-refractivity contribution in [2.45, 2.75) is 19.8 Å². The lowest BCUT2D eigenvalue weighted by Gasteiger charge is -2.30. The van der Waals surface area contributed by atoms with E-state index in [1.165, 1.54) is 5.56 Å². The van der Waals surface area contributed by atoms with Crippen LogP contribution < -0.4 is 4.74 Å². The van der Waals surface area contributed by atoms with Crippen LogP contribution in [0.15, 0.2) is 48.5 Å². The smallest absolute Gasteiger partial charge is 0.118 e. The second kappa shape index (κ2) is 7.43. The fraction of sp³-hybridized carbons (Fsp3) is 0.368. The first kappa shape index (κ1) is 16.5. The zero-order valence-electron chi connectivity index (χ0n) is 13.2. The first-order valence-electron chi connectivity index (χ1n) is 7.51. The van der Waals surface area contributed by atoms with Crippen molar-refractivity contribution in [1.29, 1.82) is 0 Å². The molecule has 0 saturated carbocycles. The summed E-state index contributed by atoms with van der Waals surface area (Å²) in [5.41, 5.74) is 2.86. The van der Waals surface area contributed by atoms with Crippen molar-refractivity contribution in [2.24, 2.45) is 5.41 Å². The van der Waals surface area contributed by atoms with Crippen molar-refractivity contribution in [3.8, 4) is 5.75 Å². The molecule has 0 amide bonds. The summed E-state index contributed by atoms with van der Waals surface area (Å²) >= 11 is 0. The Labute approximate surface area is 132 Å². The molecule has 0 aliphatic rings. The van der Waals surface area contributed by atoms with Gasteiger partial charge in [-0.25, -0.2) is 0 Å². The molecule has 2 N–H and O–H groups in total. The number of aliphatic hydroxyl groups is 2. The van der Waals surface area contributed by atoms with Gasteiger partial charge in [0.15, 0.2) is 0 Å². The van der Waals surface area contributed by atoms with Crippen LogP contribution >= 0.6 is 0 Å². The van der Waals surface area contributed by atoms with Gasteiger partial charge in [0, 0.05) is 5.41 Å². The van der Waals surface area contributed by atoms with Gasteiger partial charge in [0.1, 0.15) is 5.75 Å². The van der Waals surface area contributed by atoms with Crippen molar-refractivity contribution in [3.05, 3.63) is 65.2 Å². The minimum absolute atomic E-state index is 0.0522. The van der Waals surface area contributed by atoms with Crippen LogP contribution in [0.3, 0.4) is 0 Å². The molecule has 0 saturated heterocycles.